The minimum atomic E-state index is -1.23. The number of nitrogens with zero attached hydrogens (tertiary/aromatic N) is 1. The van der Waals surface area contributed by atoms with Gasteiger partial charge >= 0.3 is 0 Å². The van der Waals surface area contributed by atoms with Gasteiger partial charge < -0.3 is 14.6 Å². The molecule has 2 amide bonds. The fraction of sp³-hybridized carbons (Fsp3) is 0.190. The van der Waals surface area contributed by atoms with E-state index in [1.54, 1.807) is 44.2 Å². The van der Waals surface area contributed by atoms with Crippen LogP contribution in [0.3, 0.4) is 0 Å². The van der Waals surface area contributed by atoms with Crippen LogP contribution in [0.4, 0.5) is 4.79 Å². The second kappa shape index (κ2) is 8.84. The Bertz CT molecular complexity index is 1000. The molecule has 8 heteroatoms. The normalized spacial score (nSPS) is 15.4. The number of carbonyl (C=O) groups is 3. The maximum absolute atomic E-state index is 12.5. The quantitative estimate of drug-likeness (QED) is 0.591. The Morgan fingerprint density at radius 3 is 2.48 bits per heavy atom. The molecular weight excluding hydrogens is 458 g/mol. The van der Waals surface area contributed by atoms with E-state index in [-0.39, 0.29) is 29.4 Å². The number of ether oxygens (including phenoxy) is 1. The molecule has 2 aromatic rings. The molecule has 29 heavy (non-hydrogen) atoms. The number of benzene rings is 2. The van der Waals surface area contributed by atoms with Gasteiger partial charge in [0.15, 0.2) is 0 Å². The molecule has 0 atom stereocenters. The van der Waals surface area contributed by atoms with Crippen molar-refractivity contribution in [2.45, 2.75) is 26.5 Å². The van der Waals surface area contributed by atoms with Crippen molar-refractivity contribution >= 4 is 50.9 Å². The summed E-state index contributed by atoms with van der Waals surface area (Å²) >= 11 is 4.31. The van der Waals surface area contributed by atoms with E-state index in [2.05, 4.69) is 15.9 Å². The zero-order valence-corrected chi connectivity index (χ0v) is 18.1. The highest BCUT2D eigenvalue weighted by Gasteiger charge is 2.36. The smallest absolute Gasteiger partial charge is 0.293 e. The average Bonchev–Trinajstić information content (AvgIpc) is 2.94. The molecule has 0 N–H and O–H groups in total. The van der Waals surface area contributed by atoms with Gasteiger partial charge in [0.25, 0.3) is 11.1 Å². The lowest BCUT2D eigenvalue weighted by Gasteiger charge is -2.16. The molecule has 0 aromatic heterocycles. The Labute approximate surface area is 180 Å². The first kappa shape index (κ1) is 21.1. The lowest BCUT2D eigenvalue weighted by atomic mass is 10.1. The Hall–Kier alpha value is -2.58. The van der Waals surface area contributed by atoms with Gasteiger partial charge in [-0.05, 0) is 61.0 Å². The number of carbonyl (C=O) groups excluding carboxylic acids is 3. The molecule has 1 aliphatic heterocycles. The zero-order valence-electron chi connectivity index (χ0n) is 15.7. The molecule has 0 aliphatic carbocycles. The lowest BCUT2D eigenvalue weighted by molar-refractivity contribution is -0.255. The maximum Gasteiger partial charge on any atom is 0.293 e. The van der Waals surface area contributed by atoms with E-state index in [9.17, 15) is 19.5 Å². The average molecular weight is 475 g/mol. The molecule has 1 aliphatic rings. The van der Waals surface area contributed by atoms with Crippen molar-refractivity contribution in [3.05, 3.63) is 68.5 Å². The topological polar surface area (TPSA) is 86.7 Å². The van der Waals surface area contributed by atoms with Crippen LogP contribution in [0.5, 0.6) is 5.75 Å². The van der Waals surface area contributed by atoms with E-state index in [1.807, 2.05) is 6.07 Å². The van der Waals surface area contributed by atoms with Crippen molar-refractivity contribution in [2.75, 3.05) is 0 Å². The van der Waals surface area contributed by atoms with Gasteiger partial charge in [0.1, 0.15) is 12.4 Å². The zero-order chi connectivity index (χ0) is 21.1. The fourth-order valence-corrected chi connectivity index (χ4v) is 4.06. The molecule has 0 bridgehead atoms. The summed E-state index contributed by atoms with van der Waals surface area (Å²) in [7, 11) is 0. The van der Waals surface area contributed by atoms with Gasteiger partial charge in [-0.15, -0.1) is 0 Å². The van der Waals surface area contributed by atoms with Crippen molar-refractivity contribution in [1.82, 2.24) is 4.90 Å². The fourth-order valence-electron chi connectivity index (χ4n) is 2.73. The van der Waals surface area contributed by atoms with E-state index in [0.29, 0.717) is 16.2 Å². The molecular formula is C21H17BrNO5S-. The largest absolute Gasteiger partial charge is 0.545 e. The number of hydrogen-bond donors (Lipinski definition) is 0. The molecule has 1 heterocycles. The van der Waals surface area contributed by atoms with Crippen molar-refractivity contribution in [3.63, 3.8) is 0 Å². The number of carboxylic acids is 1. The summed E-state index contributed by atoms with van der Waals surface area (Å²) in [5, 5.41) is 10.5. The minimum absolute atomic E-state index is 0.0963. The van der Waals surface area contributed by atoms with Crippen molar-refractivity contribution in [2.24, 2.45) is 0 Å². The summed E-state index contributed by atoms with van der Waals surface area (Å²) in [6.07, 6.45) is 1.65. The van der Waals surface area contributed by atoms with Crippen molar-refractivity contribution in [1.29, 1.82) is 0 Å². The third kappa shape index (κ3) is 4.89. The van der Waals surface area contributed by atoms with Gasteiger partial charge in [0, 0.05) is 16.1 Å². The molecule has 1 saturated heterocycles. The Morgan fingerprint density at radius 1 is 1.21 bits per heavy atom. The SMILES string of the molecule is CC(C)N1C(=O)S/C(=C/c2cc(Br)ccc2OCc2ccc(C(=O)[O-])cc2)C1=O. The molecule has 0 unspecified atom stereocenters. The molecule has 6 nitrogen and oxygen atoms in total. The Morgan fingerprint density at radius 2 is 1.90 bits per heavy atom. The van der Waals surface area contributed by atoms with Gasteiger partial charge in [-0.2, -0.15) is 0 Å². The van der Waals surface area contributed by atoms with E-state index in [4.69, 9.17) is 4.74 Å². The highest BCUT2D eigenvalue weighted by molar-refractivity contribution is 9.10. The summed E-state index contributed by atoms with van der Waals surface area (Å²) in [5.74, 6) is -1.02. The first-order valence-electron chi connectivity index (χ1n) is 8.76. The first-order chi connectivity index (χ1) is 13.8. The van der Waals surface area contributed by atoms with Crippen LogP contribution in [0.2, 0.25) is 0 Å². The third-order valence-corrected chi connectivity index (χ3v) is 5.56. The van der Waals surface area contributed by atoms with E-state index in [0.717, 1.165) is 21.8 Å². The predicted octanol–water partition coefficient (Wildman–Crippen LogP) is 3.84. The number of aromatic carboxylic acids is 1. The third-order valence-electron chi connectivity index (χ3n) is 4.18. The molecule has 2 aromatic carbocycles. The lowest BCUT2D eigenvalue weighted by Crippen LogP contribution is -2.34. The molecule has 0 spiro atoms. The van der Waals surface area contributed by atoms with Crippen LogP contribution in [0, 0.1) is 0 Å². The molecule has 0 saturated carbocycles. The van der Waals surface area contributed by atoms with E-state index in [1.165, 1.54) is 17.0 Å². The maximum atomic E-state index is 12.5. The van der Waals surface area contributed by atoms with Crippen LogP contribution in [-0.2, 0) is 11.4 Å². The van der Waals surface area contributed by atoms with Gasteiger partial charge in [-0.1, -0.05) is 40.2 Å². The van der Waals surface area contributed by atoms with Crippen LogP contribution >= 0.6 is 27.7 Å². The van der Waals surface area contributed by atoms with Crippen LogP contribution in [0.15, 0.2) is 51.8 Å². The van der Waals surface area contributed by atoms with Gasteiger partial charge in [0.05, 0.1) is 10.9 Å². The molecule has 3 rings (SSSR count). The summed E-state index contributed by atoms with van der Waals surface area (Å²) in [6.45, 7) is 3.79. The molecule has 1 fully saturated rings. The standard InChI is InChI=1S/C21H18BrNO5S/c1-12(2)23-19(24)18(29-21(23)27)10-15-9-16(22)7-8-17(15)28-11-13-3-5-14(6-4-13)20(25)26/h3-10,12H,11H2,1-2H3,(H,25,26)/p-1/b18-10+. The number of amides is 2. The Kier molecular flexibility index (Phi) is 6.44. The van der Waals surface area contributed by atoms with Crippen LogP contribution in [0.1, 0.15) is 35.3 Å². The minimum Gasteiger partial charge on any atom is -0.545 e. The van der Waals surface area contributed by atoms with Gasteiger partial charge in [0.2, 0.25) is 0 Å². The number of rotatable bonds is 6. The summed E-state index contributed by atoms with van der Waals surface area (Å²) in [5.41, 5.74) is 1.53. The second-order valence-corrected chi connectivity index (χ2v) is 8.51. The summed E-state index contributed by atoms with van der Waals surface area (Å²) < 4.78 is 6.68. The van der Waals surface area contributed by atoms with E-state index < -0.39 is 5.97 Å². The van der Waals surface area contributed by atoms with Crippen LogP contribution in [-0.4, -0.2) is 28.1 Å². The number of halogens is 1. The highest BCUT2D eigenvalue weighted by Crippen LogP contribution is 2.36. The number of imide groups is 1. The van der Waals surface area contributed by atoms with Gasteiger partial charge in [-0.25, -0.2) is 0 Å². The summed E-state index contributed by atoms with van der Waals surface area (Å²) in [4.78, 5) is 37.0. The predicted molar refractivity (Wildman–Crippen MR) is 112 cm³/mol. The van der Waals surface area contributed by atoms with Crippen molar-refractivity contribution in [3.8, 4) is 5.75 Å². The van der Waals surface area contributed by atoms with Crippen LogP contribution in [0.25, 0.3) is 6.08 Å². The number of thioether (sulfide) groups is 1. The number of hydrogen-bond acceptors (Lipinski definition) is 6. The molecule has 0 radical (unpaired) electrons. The monoisotopic (exact) mass is 474 g/mol. The number of carboxylic acid groups (broad SMARTS) is 1. The highest BCUT2D eigenvalue weighted by atomic mass is 79.9. The van der Waals surface area contributed by atoms with Crippen molar-refractivity contribution < 1.29 is 24.2 Å². The summed E-state index contributed by atoms with van der Waals surface area (Å²) in [6, 6.07) is 11.4. The van der Waals surface area contributed by atoms with Crippen LogP contribution < -0.4 is 9.84 Å². The molecule has 150 valence electrons. The van der Waals surface area contributed by atoms with Gasteiger partial charge in [-0.3, -0.25) is 14.5 Å². The first-order valence-corrected chi connectivity index (χ1v) is 10.4. The Balaban J connectivity index is 1.82. The van der Waals surface area contributed by atoms with E-state index >= 15 is 0 Å². The second-order valence-electron chi connectivity index (χ2n) is 6.60.